The van der Waals surface area contributed by atoms with E-state index in [2.05, 4.69) is 0 Å². The highest BCUT2D eigenvalue weighted by atomic mass is 19.1. The molecule has 0 saturated carbocycles. The number of hydrogen-bond donors (Lipinski definition) is 2. The molecule has 0 amide bonds. The van der Waals surface area contributed by atoms with Gasteiger partial charge in [-0.05, 0) is 12.5 Å². The molecule has 0 radical (unpaired) electrons. The Morgan fingerprint density at radius 3 is 2.56 bits per heavy atom. The van der Waals surface area contributed by atoms with Gasteiger partial charge in [-0.3, -0.25) is 0 Å². The molecule has 18 heavy (non-hydrogen) atoms. The summed E-state index contributed by atoms with van der Waals surface area (Å²) in [5.41, 5.74) is 0.890. The van der Waals surface area contributed by atoms with Crippen molar-refractivity contribution in [3.05, 3.63) is 35.9 Å². The molecule has 1 aliphatic rings. The van der Waals surface area contributed by atoms with Gasteiger partial charge in [0.2, 0.25) is 0 Å². The second-order valence-corrected chi connectivity index (χ2v) is 4.43. The molecule has 5 heteroatoms. The van der Waals surface area contributed by atoms with Crippen LogP contribution >= 0.6 is 0 Å². The Kier molecular flexibility index (Phi) is 4.29. The molecule has 1 fully saturated rings. The van der Waals surface area contributed by atoms with Crippen LogP contribution in [-0.4, -0.2) is 41.0 Å². The fourth-order valence-corrected chi connectivity index (χ4v) is 1.88. The lowest BCUT2D eigenvalue weighted by Crippen LogP contribution is -2.55. The van der Waals surface area contributed by atoms with Gasteiger partial charge in [0.05, 0.1) is 12.7 Å². The fourth-order valence-electron chi connectivity index (χ4n) is 1.88. The summed E-state index contributed by atoms with van der Waals surface area (Å²) >= 11 is 0. The molecule has 0 aliphatic carbocycles. The minimum absolute atomic E-state index is 0.196. The number of alkyl halides is 1. The zero-order valence-corrected chi connectivity index (χ0v) is 10.1. The van der Waals surface area contributed by atoms with Gasteiger partial charge >= 0.3 is 0 Å². The highest BCUT2D eigenvalue weighted by molar-refractivity contribution is 5.13. The summed E-state index contributed by atoms with van der Waals surface area (Å²) in [6.45, 7) is 1.76. The maximum atomic E-state index is 13.7. The van der Waals surface area contributed by atoms with E-state index in [-0.39, 0.29) is 6.61 Å². The molecule has 1 aromatic rings. The average molecular weight is 256 g/mol. The van der Waals surface area contributed by atoms with Crippen molar-refractivity contribution >= 4 is 0 Å². The van der Waals surface area contributed by atoms with E-state index in [0.717, 1.165) is 5.56 Å². The molecule has 2 rings (SSSR count). The third-order valence-electron chi connectivity index (χ3n) is 3.02. The zero-order chi connectivity index (χ0) is 13.1. The first kappa shape index (κ1) is 13.4. The molecule has 0 aromatic heterocycles. The van der Waals surface area contributed by atoms with E-state index >= 15 is 0 Å². The van der Waals surface area contributed by atoms with E-state index < -0.39 is 30.8 Å². The second kappa shape index (κ2) is 5.75. The first-order valence-corrected chi connectivity index (χ1v) is 5.91. The van der Waals surface area contributed by atoms with E-state index in [4.69, 9.17) is 9.47 Å². The number of aliphatic hydroxyl groups is 2. The molecule has 100 valence electrons. The standard InChI is InChI=1S/C13H17FO4/c1-8-11(15)12(16)10(14)13(18-8)17-7-9-5-3-2-4-6-9/h2-6,8,10-13,15-16H,7H2,1H3/t8-,10-,11+,12-,13+/m1/s1. The summed E-state index contributed by atoms with van der Waals surface area (Å²) in [6, 6.07) is 9.29. The van der Waals surface area contributed by atoms with Crippen molar-refractivity contribution in [3.8, 4) is 0 Å². The Morgan fingerprint density at radius 1 is 1.22 bits per heavy atom. The number of rotatable bonds is 3. The predicted octanol–water partition coefficient (Wildman–Crippen LogP) is 1.01. The van der Waals surface area contributed by atoms with Crippen LogP contribution in [0.2, 0.25) is 0 Å². The van der Waals surface area contributed by atoms with Crippen LogP contribution in [0.15, 0.2) is 30.3 Å². The van der Waals surface area contributed by atoms with Crippen molar-refractivity contribution in [2.75, 3.05) is 0 Å². The lowest BCUT2D eigenvalue weighted by molar-refractivity contribution is -0.281. The maximum absolute atomic E-state index is 13.7. The molecule has 1 aromatic carbocycles. The minimum atomic E-state index is -1.75. The normalized spacial score (nSPS) is 36.6. The number of hydrogen-bond acceptors (Lipinski definition) is 4. The largest absolute Gasteiger partial charge is 0.388 e. The van der Waals surface area contributed by atoms with Crippen LogP contribution < -0.4 is 0 Å². The van der Waals surface area contributed by atoms with Crippen molar-refractivity contribution in [2.24, 2.45) is 0 Å². The molecule has 1 aliphatic heterocycles. The van der Waals surface area contributed by atoms with Gasteiger partial charge in [-0.25, -0.2) is 4.39 Å². The van der Waals surface area contributed by atoms with Gasteiger partial charge in [0.25, 0.3) is 0 Å². The van der Waals surface area contributed by atoms with Crippen molar-refractivity contribution in [3.63, 3.8) is 0 Å². The first-order valence-electron chi connectivity index (χ1n) is 5.91. The Hall–Kier alpha value is -1.01. The highest BCUT2D eigenvalue weighted by Gasteiger charge is 2.43. The maximum Gasteiger partial charge on any atom is 0.192 e. The van der Waals surface area contributed by atoms with Crippen LogP contribution in [-0.2, 0) is 16.1 Å². The lowest BCUT2D eigenvalue weighted by atomic mass is 10.0. The summed E-state index contributed by atoms with van der Waals surface area (Å²) in [5.74, 6) is 0. The molecule has 1 saturated heterocycles. The summed E-state index contributed by atoms with van der Waals surface area (Å²) in [7, 11) is 0. The Bertz CT molecular complexity index is 373. The third kappa shape index (κ3) is 2.87. The number of benzene rings is 1. The smallest absolute Gasteiger partial charge is 0.192 e. The molecule has 5 atom stereocenters. The van der Waals surface area contributed by atoms with Gasteiger partial charge in [-0.1, -0.05) is 30.3 Å². The third-order valence-corrected chi connectivity index (χ3v) is 3.02. The van der Waals surface area contributed by atoms with Gasteiger partial charge in [0.1, 0.15) is 12.2 Å². The van der Waals surface area contributed by atoms with Crippen LogP contribution in [0.1, 0.15) is 12.5 Å². The van der Waals surface area contributed by atoms with Gasteiger partial charge in [-0.15, -0.1) is 0 Å². The molecule has 0 spiro atoms. The molecule has 1 heterocycles. The van der Waals surface area contributed by atoms with Crippen molar-refractivity contribution in [2.45, 2.75) is 44.3 Å². The van der Waals surface area contributed by atoms with Crippen LogP contribution in [0, 0.1) is 0 Å². The summed E-state index contributed by atoms with van der Waals surface area (Å²) in [4.78, 5) is 0. The van der Waals surface area contributed by atoms with E-state index in [1.807, 2.05) is 30.3 Å². The molecule has 0 unspecified atom stereocenters. The monoisotopic (exact) mass is 256 g/mol. The van der Waals surface area contributed by atoms with Crippen LogP contribution in [0.25, 0.3) is 0 Å². The predicted molar refractivity (Wildman–Crippen MR) is 62.5 cm³/mol. The van der Waals surface area contributed by atoms with E-state index in [1.54, 1.807) is 6.92 Å². The second-order valence-electron chi connectivity index (χ2n) is 4.43. The molecule has 4 nitrogen and oxygen atoms in total. The summed E-state index contributed by atoms with van der Waals surface area (Å²) in [5, 5.41) is 18.9. The van der Waals surface area contributed by atoms with Gasteiger partial charge in [-0.2, -0.15) is 0 Å². The van der Waals surface area contributed by atoms with Gasteiger partial charge < -0.3 is 19.7 Å². The molecule has 2 N–H and O–H groups in total. The lowest BCUT2D eigenvalue weighted by Gasteiger charge is -2.37. The zero-order valence-electron chi connectivity index (χ0n) is 10.1. The quantitative estimate of drug-likeness (QED) is 0.847. The molecule has 0 bridgehead atoms. The molecular formula is C13H17FO4. The van der Waals surface area contributed by atoms with Crippen molar-refractivity contribution in [1.82, 2.24) is 0 Å². The summed E-state index contributed by atoms with van der Waals surface area (Å²) < 4.78 is 24.2. The summed E-state index contributed by atoms with van der Waals surface area (Å²) in [6.07, 6.45) is -6.27. The van der Waals surface area contributed by atoms with Crippen molar-refractivity contribution < 1.29 is 24.1 Å². The first-order chi connectivity index (χ1) is 8.59. The van der Waals surface area contributed by atoms with Gasteiger partial charge in [0.15, 0.2) is 12.5 Å². The number of halogens is 1. The number of ether oxygens (including phenoxy) is 2. The Morgan fingerprint density at radius 2 is 1.89 bits per heavy atom. The van der Waals surface area contributed by atoms with E-state index in [1.165, 1.54) is 0 Å². The van der Waals surface area contributed by atoms with Crippen molar-refractivity contribution in [1.29, 1.82) is 0 Å². The SMILES string of the molecule is C[C@H]1O[C@H](OCc2ccccc2)[C@H](F)[C@@H](O)[C@H]1O. The minimum Gasteiger partial charge on any atom is -0.388 e. The number of aliphatic hydroxyl groups excluding tert-OH is 2. The Balaban J connectivity index is 1.93. The van der Waals surface area contributed by atoms with E-state index in [9.17, 15) is 14.6 Å². The average Bonchev–Trinajstić information content (AvgIpc) is 2.40. The molecular weight excluding hydrogens is 239 g/mol. The van der Waals surface area contributed by atoms with E-state index in [0.29, 0.717) is 0 Å². The van der Waals surface area contributed by atoms with Crippen LogP contribution in [0.3, 0.4) is 0 Å². The topological polar surface area (TPSA) is 58.9 Å². The van der Waals surface area contributed by atoms with Crippen LogP contribution in [0.5, 0.6) is 0 Å². The van der Waals surface area contributed by atoms with Gasteiger partial charge in [0, 0.05) is 0 Å². The fraction of sp³-hybridized carbons (Fsp3) is 0.538. The Labute approximate surface area is 105 Å². The highest BCUT2D eigenvalue weighted by Crippen LogP contribution is 2.24. The van der Waals surface area contributed by atoms with Crippen LogP contribution in [0.4, 0.5) is 4.39 Å².